The van der Waals surface area contributed by atoms with Gasteiger partial charge in [-0.3, -0.25) is 10.1 Å². The second-order valence-electron chi connectivity index (χ2n) is 3.32. The van der Waals surface area contributed by atoms with Gasteiger partial charge in [0.15, 0.2) is 0 Å². The lowest BCUT2D eigenvalue weighted by atomic mass is 10.0. The highest BCUT2D eigenvalue weighted by Crippen LogP contribution is 2.20. The monoisotopic (exact) mass is 210 g/mol. The van der Waals surface area contributed by atoms with Gasteiger partial charge in [0.1, 0.15) is 0 Å². The zero-order valence-corrected chi connectivity index (χ0v) is 8.30. The Morgan fingerprint density at radius 3 is 2.87 bits per heavy atom. The van der Waals surface area contributed by atoms with E-state index in [9.17, 15) is 10.1 Å². The van der Waals surface area contributed by atoms with Crippen molar-refractivity contribution in [2.45, 2.75) is 18.9 Å². The van der Waals surface area contributed by atoms with Gasteiger partial charge in [0, 0.05) is 24.8 Å². The summed E-state index contributed by atoms with van der Waals surface area (Å²) in [5.74, 6) is 0. The summed E-state index contributed by atoms with van der Waals surface area (Å²) in [5.41, 5.74) is 6.60. The van der Waals surface area contributed by atoms with Gasteiger partial charge < -0.3 is 10.8 Å². The Morgan fingerprint density at radius 2 is 2.27 bits per heavy atom. The van der Waals surface area contributed by atoms with Gasteiger partial charge in [-0.1, -0.05) is 12.1 Å². The SMILES string of the molecule is N[C@@H](CCCO)c1cccc([N+](=O)[O-])c1. The first-order valence-electron chi connectivity index (χ1n) is 4.76. The number of benzene rings is 1. The molecule has 0 aliphatic heterocycles. The molecule has 0 spiro atoms. The molecule has 5 nitrogen and oxygen atoms in total. The lowest BCUT2D eigenvalue weighted by Crippen LogP contribution is -2.10. The van der Waals surface area contributed by atoms with E-state index in [1.54, 1.807) is 12.1 Å². The van der Waals surface area contributed by atoms with Crippen molar-refractivity contribution in [3.63, 3.8) is 0 Å². The van der Waals surface area contributed by atoms with Crippen molar-refractivity contribution in [3.8, 4) is 0 Å². The zero-order chi connectivity index (χ0) is 11.3. The van der Waals surface area contributed by atoms with Crippen molar-refractivity contribution >= 4 is 5.69 Å². The van der Waals surface area contributed by atoms with Crippen LogP contribution in [-0.4, -0.2) is 16.6 Å². The van der Waals surface area contributed by atoms with Gasteiger partial charge in [-0.15, -0.1) is 0 Å². The summed E-state index contributed by atoms with van der Waals surface area (Å²) in [6, 6.07) is 6.03. The Morgan fingerprint density at radius 1 is 1.53 bits per heavy atom. The van der Waals surface area contributed by atoms with Gasteiger partial charge in [-0.2, -0.15) is 0 Å². The summed E-state index contributed by atoms with van der Waals surface area (Å²) >= 11 is 0. The highest BCUT2D eigenvalue weighted by Gasteiger charge is 2.10. The summed E-state index contributed by atoms with van der Waals surface area (Å²) in [4.78, 5) is 10.1. The van der Waals surface area contributed by atoms with Crippen LogP contribution in [0.1, 0.15) is 24.4 Å². The Bertz CT molecular complexity index is 341. The van der Waals surface area contributed by atoms with Crippen molar-refractivity contribution in [1.29, 1.82) is 0 Å². The van der Waals surface area contributed by atoms with Crippen LogP contribution < -0.4 is 5.73 Å². The standard InChI is InChI=1S/C10H14N2O3/c11-10(5-2-6-13)8-3-1-4-9(7-8)12(14)15/h1,3-4,7,10,13H,2,5-6,11H2/t10-/m0/s1. The number of non-ortho nitro benzene ring substituents is 1. The van der Waals surface area contributed by atoms with Crippen molar-refractivity contribution in [2.75, 3.05) is 6.61 Å². The molecule has 3 N–H and O–H groups in total. The molecule has 0 bridgehead atoms. The Kier molecular flexibility index (Phi) is 4.20. The molecular formula is C10H14N2O3. The van der Waals surface area contributed by atoms with E-state index in [1.807, 2.05) is 0 Å². The fraction of sp³-hybridized carbons (Fsp3) is 0.400. The van der Waals surface area contributed by atoms with Crippen LogP contribution in [0.3, 0.4) is 0 Å². The molecule has 0 aromatic heterocycles. The summed E-state index contributed by atoms with van der Waals surface area (Å²) in [6.45, 7) is 0.0859. The van der Waals surface area contributed by atoms with E-state index >= 15 is 0 Å². The van der Waals surface area contributed by atoms with E-state index in [4.69, 9.17) is 10.8 Å². The maximum Gasteiger partial charge on any atom is 0.269 e. The van der Waals surface area contributed by atoms with Crippen LogP contribution in [0.4, 0.5) is 5.69 Å². The first-order chi connectivity index (χ1) is 7.15. The number of nitrogens with two attached hydrogens (primary N) is 1. The highest BCUT2D eigenvalue weighted by atomic mass is 16.6. The molecule has 1 aromatic rings. The van der Waals surface area contributed by atoms with Crippen LogP contribution in [0.25, 0.3) is 0 Å². The molecule has 0 fully saturated rings. The molecule has 1 aromatic carbocycles. The van der Waals surface area contributed by atoms with Crippen molar-refractivity contribution in [3.05, 3.63) is 39.9 Å². The minimum atomic E-state index is -0.442. The molecular weight excluding hydrogens is 196 g/mol. The van der Waals surface area contributed by atoms with Gasteiger partial charge in [0.25, 0.3) is 5.69 Å². The molecule has 1 atom stereocenters. The van der Waals surface area contributed by atoms with Gasteiger partial charge in [-0.05, 0) is 18.4 Å². The predicted octanol–water partition coefficient (Wildman–Crippen LogP) is 1.37. The summed E-state index contributed by atoms with van der Waals surface area (Å²) < 4.78 is 0. The van der Waals surface area contributed by atoms with E-state index in [1.165, 1.54) is 12.1 Å². The van der Waals surface area contributed by atoms with Crippen LogP contribution in [0.2, 0.25) is 0 Å². The normalized spacial score (nSPS) is 12.4. The van der Waals surface area contributed by atoms with Crippen LogP contribution in [0.5, 0.6) is 0 Å². The van der Waals surface area contributed by atoms with E-state index in [2.05, 4.69) is 0 Å². The molecule has 0 amide bonds. The quantitative estimate of drug-likeness (QED) is 0.567. The third kappa shape index (κ3) is 3.30. The van der Waals surface area contributed by atoms with Crippen LogP contribution in [-0.2, 0) is 0 Å². The number of aliphatic hydroxyl groups excluding tert-OH is 1. The maximum atomic E-state index is 10.5. The number of nitrogens with zero attached hydrogens (tertiary/aromatic N) is 1. The molecule has 0 radical (unpaired) electrons. The second-order valence-corrected chi connectivity index (χ2v) is 3.32. The summed E-state index contributed by atoms with van der Waals surface area (Å²) in [6.07, 6.45) is 1.22. The van der Waals surface area contributed by atoms with Crippen molar-refractivity contribution < 1.29 is 10.0 Å². The van der Waals surface area contributed by atoms with Gasteiger partial charge in [0.2, 0.25) is 0 Å². The first kappa shape index (κ1) is 11.6. The minimum Gasteiger partial charge on any atom is -0.396 e. The number of aliphatic hydroxyl groups is 1. The van der Waals surface area contributed by atoms with Crippen LogP contribution in [0.15, 0.2) is 24.3 Å². The molecule has 0 aliphatic rings. The number of rotatable bonds is 5. The fourth-order valence-corrected chi connectivity index (χ4v) is 1.35. The first-order valence-corrected chi connectivity index (χ1v) is 4.76. The number of hydrogen-bond donors (Lipinski definition) is 2. The molecule has 0 heterocycles. The van der Waals surface area contributed by atoms with Crippen molar-refractivity contribution in [2.24, 2.45) is 5.73 Å². The molecule has 0 aliphatic carbocycles. The molecule has 0 saturated heterocycles. The zero-order valence-electron chi connectivity index (χ0n) is 8.30. The molecule has 0 unspecified atom stereocenters. The van der Waals surface area contributed by atoms with Gasteiger partial charge >= 0.3 is 0 Å². The lowest BCUT2D eigenvalue weighted by Gasteiger charge is -2.10. The predicted molar refractivity (Wildman–Crippen MR) is 56.3 cm³/mol. The minimum absolute atomic E-state index is 0.0481. The summed E-state index contributed by atoms with van der Waals surface area (Å²) in [5, 5.41) is 19.2. The highest BCUT2D eigenvalue weighted by molar-refractivity contribution is 5.35. The average Bonchev–Trinajstić information content (AvgIpc) is 2.26. The van der Waals surface area contributed by atoms with Crippen LogP contribution >= 0.6 is 0 Å². The molecule has 1 rings (SSSR count). The lowest BCUT2D eigenvalue weighted by molar-refractivity contribution is -0.384. The number of nitro groups is 1. The molecule has 5 heteroatoms. The van der Waals surface area contributed by atoms with E-state index in [0.717, 1.165) is 5.56 Å². The van der Waals surface area contributed by atoms with E-state index in [0.29, 0.717) is 12.8 Å². The Balaban J connectivity index is 2.76. The van der Waals surface area contributed by atoms with Crippen LogP contribution in [0, 0.1) is 10.1 Å². The Hall–Kier alpha value is -1.46. The smallest absolute Gasteiger partial charge is 0.269 e. The largest absolute Gasteiger partial charge is 0.396 e. The summed E-state index contributed by atoms with van der Waals surface area (Å²) in [7, 11) is 0. The topological polar surface area (TPSA) is 89.4 Å². The maximum absolute atomic E-state index is 10.5. The third-order valence-electron chi connectivity index (χ3n) is 2.18. The fourth-order valence-electron chi connectivity index (χ4n) is 1.35. The van der Waals surface area contributed by atoms with Gasteiger partial charge in [-0.25, -0.2) is 0 Å². The third-order valence-corrected chi connectivity index (χ3v) is 2.18. The number of nitro benzene ring substituents is 1. The van der Waals surface area contributed by atoms with E-state index in [-0.39, 0.29) is 18.3 Å². The molecule has 0 saturated carbocycles. The average molecular weight is 210 g/mol. The molecule has 15 heavy (non-hydrogen) atoms. The number of hydrogen-bond acceptors (Lipinski definition) is 4. The second kappa shape index (κ2) is 5.43. The molecule has 82 valence electrons. The van der Waals surface area contributed by atoms with E-state index < -0.39 is 4.92 Å². The van der Waals surface area contributed by atoms with Gasteiger partial charge in [0.05, 0.1) is 4.92 Å². The Labute approximate surface area is 87.7 Å². The van der Waals surface area contributed by atoms with Crippen molar-refractivity contribution in [1.82, 2.24) is 0 Å².